The molecule has 0 aliphatic carbocycles. The maximum atomic E-state index is 12.5. The van der Waals surface area contributed by atoms with Gasteiger partial charge in [0.15, 0.2) is 0 Å². The van der Waals surface area contributed by atoms with Crippen LogP contribution < -0.4 is 5.32 Å². The highest BCUT2D eigenvalue weighted by atomic mass is 32.2. The third-order valence-corrected chi connectivity index (χ3v) is 4.86. The van der Waals surface area contributed by atoms with E-state index in [1.54, 1.807) is 0 Å². The fourth-order valence-electron chi connectivity index (χ4n) is 2.55. The van der Waals surface area contributed by atoms with Crippen molar-refractivity contribution in [1.29, 1.82) is 0 Å². The van der Waals surface area contributed by atoms with Gasteiger partial charge in [-0.05, 0) is 38.1 Å². The van der Waals surface area contributed by atoms with Crippen molar-refractivity contribution >= 4 is 10.8 Å². The average molecular weight is 301 g/mol. The molecule has 0 spiro atoms. The Labute approximate surface area is 130 Å². The van der Waals surface area contributed by atoms with Crippen molar-refractivity contribution in [1.82, 2.24) is 5.32 Å². The van der Waals surface area contributed by atoms with Crippen molar-refractivity contribution in [3.63, 3.8) is 0 Å². The second kappa shape index (κ2) is 7.53. The van der Waals surface area contributed by atoms with Crippen molar-refractivity contribution < 1.29 is 4.21 Å². The lowest BCUT2D eigenvalue weighted by Gasteiger charge is -2.19. The minimum Gasteiger partial charge on any atom is -0.309 e. The first kappa shape index (κ1) is 15.9. The summed E-state index contributed by atoms with van der Waals surface area (Å²) in [4.78, 5) is 0.893. The van der Waals surface area contributed by atoms with Gasteiger partial charge >= 0.3 is 0 Å². The Morgan fingerprint density at radius 1 is 1.05 bits per heavy atom. The van der Waals surface area contributed by atoms with E-state index in [1.807, 2.05) is 30.3 Å². The van der Waals surface area contributed by atoms with Gasteiger partial charge in [-0.1, -0.05) is 54.4 Å². The van der Waals surface area contributed by atoms with Crippen LogP contribution >= 0.6 is 0 Å². The molecule has 0 fully saturated rings. The molecule has 0 aliphatic rings. The smallest absolute Gasteiger partial charge is 0.0548 e. The van der Waals surface area contributed by atoms with Crippen molar-refractivity contribution in [3.8, 4) is 0 Å². The summed E-state index contributed by atoms with van der Waals surface area (Å²) < 4.78 is 12.5. The molecule has 0 radical (unpaired) electrons. The van der Waals surface area contributed by atoms with Gasteiger partial charge in [0, 0.05) is 16.7 Å². The molecule has 0 saturated heterocycles. The fraction of sp³-hybridized carbons (Fsp3) is 0.333. The largest absolute Gasteiger partial charge is 0.309 e. The Morgan fingerprint density at radius 3 is 2.24 bits per heavy atom. The molecule has 2 aromatic rings. The predicted molar refractivity (Wildman–Crippen MR) is 90.1 cm³/mol. The lowest BCUT2D eigenvalue weighted by Crippen LogP contribution is -2.26. The van der Waals surface area contributed by atoms with E-state index in [4.69, 9.17) is 0 Å². The average Bonchev–Trinajstić information content (AvgIpc) is 2.46. The van der Waals surface area contributed by atoms with E-state index in [1.165, 1.54) is 16.7 Å². The van der Waals surface area contributed by atoms with E-state index in [0.717, 1.165) is 11.4 Å². The normalized spacial score (nSPS) is 13.9. The zero-order valence-electron chi connectivity index (χ0n) is 12.9. The number of benzene rings is 2. The topological polar surface area (TPSA) is 29.1 Å². The molecule has 0 saturated carbocycles. The van der Waals surface area contributed by atoms with Gasteiger partial charge in [-0.2, -0.15) is 0 Å². The van der Waals surface area contributed by atoms with E-state index in [9.17, 15) is 4.21 Å². The summed E-state index contributed by atoms with van der Waals surface area (Å²) in [5.41, 5.74) is 3.72. The second-order valence-corrected chi connectivity index (χ2v) is 6.85. The van der Waals surface area contributed by atoms with Crippen LogP contribution in [0.4, 0.5) is 0 Å². The Hall–Kier alpha value is -1.45. The summed E-state index contributed by atoms with van der Waals surface area (Å²) in [5, 5.41) is 3.46. The second-order valence-electron chi connectivity index (χ2n) is 5.36. The van der Waals surface area contributed by atoms with Crippen molar-refractivity contribution in [3.05, 3.63) is 65.2 Å². The molecule has 3 heteroatoms. The molecule has 2 aromatic carbocycles. The van der Waals surface area contributed by atoms with Gasteiger partial charge in [-0.3, -0.25) is 4.21 Å². The third kappa shape index (κ3) is 4.51. The number of hydrogen-bond acceptors (Lipinski definition) is 2. The quantitative estimate of drug-likeness (QED) is 0.880. The number of aryl methyl sites for hydroxylation is 2. The van der Waals surface area contributed by atoms with Crippen LogP contribution in [0.5, 0.6) is 0 Å². The third-order valence-electron chi connectivity index (χ3n) is 3.42. The number of hydrogen-bond donors (Lipinski definition) is 1. The molecule has 2 nitrogen and oxygen atoms in total. The van der Waals surface area contributed by atoms with Crippen molar-refractivity contribution in [2.45, 2.75) is 31.7 Å². The Bertz CT molecular complexity index is 590. The van der Waals surface area contributed by atoms with Crippen LogP contribution in [0.15, 0.2) is 53.4 Å². The number of rotatable bonds is 6. The maximum Gasteiger partial charge on any atom is 0.0548 e. The van der Waals surface area contributed by atoms with E-state index >= 15 is 0 Å². The van der Waals surface area contributed by atoms with Crippen molar-refractivity contribution in [2.75, 3.05) is 12.3 Å². The molecule has 112 valence electrons. The van der Waals surface area contributed by atoms with E-state index in [2.05, 4.69) is 44.3 Å². The van der Waals surface area contributed by atoms with Gasteiger partial charge in [0.25, 0.3) is 0 Å². The SMILES string of the molecule is CCNC(CS(=O)c1ccccc1)c1cc(C)cc(C)c1. The summed E-state index contributed by atoms with van der Waals surface area (Å²) in [5.74, 6) is 0.598. The summed E-state index contributed by atoms with van der Waals surface area (Å²) in [7, 11) is -0.991. The van der Waals surface area contributed by atoms with Crippen LogP contribution in [0, 0.1) is 13.8 Å². The Balaban J connectivity index is 2.21. The van der Waals surface area contributed by atoms with Crippen LogP contribution in [0.25, 0.3) is 0 Å². The first-order valence-electron chi connectivity index (χ1n) is 7.35. The minimum absolute atomic E-state index is 0.120. The molecule has 2 unspecified atom stereocenters. The van der Waals surface area contributed by atoms with Gasteiger partial charge in [-0.25, -0.2) is 0 Å². The molecule has 0 bridgehead atoms. The molecular weight excluding hydrogens is 278 g/mol. The van der Waals surface area contributed by atoms with Gasteiger partial charge in [0.05, 0.1) is 10.8 Å². The predicted octanol–water partition coefficient (Wildman–Crippen LogP) is 3.76. The number of nitrogens with one attached hydrogen (secondary N) is 1. The minimum atomic E-state index is -0.991. The monoisotopic (exact) mass is 301 g/mol. The van der Waals surface area contributed by atoms with Crippen LogP contribution in [-0.2, 0) is 10.8 Å². The highest BCUT2D eigenvalue weighted by molar-refractivity contribution is 7.85. The fourth-order valence-corrected chi connectivity index (χ4v) is 3.82. The molecule has 0 heterocycles. The van der Waals surface area contributed by atoms with E-state index in [-0.39, 0.29) is 6.04 Å². The zero-order chi connectivity index (χ0) is 15.2. The molecule has 1 N–H and O–H groups in total. The first-order valence-corrected chi connectivity index (χ1v) is 8.67. The standard InChI is InChI=1S/C18H23NOS/c1-4-19-18(16-11-14(2)10-15(3)12-16)13-21(20)17-8-6-5-7-9-17/h5-12,18-19H,4,13H2,1-3H3. The van der Waals surface area contributed by atoms with E-state index < -0.39 is 10.8 Å². The maximum absolute atomic E-state index is 12.5. The summed E-state index contributed by atoms with van der Waals surface area (Å²) in [6, 6.07) is 16.3. The van der Waals surface area contributed by atoms with Crippen molar-refractivity contribution in [2.24, 2.45) is 0 Å². The Morgan fingerprint density at radius 2 is 1.67 bits per heavy atom. The Kier molecular flexibility index (Phi) is 5.71. The van der Waals surface area contributed by atoms with E-state index in [0.29, 0.717) is 5.75 Å². The molecule has 2 atom stereocenters. The lowest BCUT2D eigenvalue weighted by molar-refractivity contribution is 0.593. The molecule has 0 amide bonds. The molecule has 0 aromatic heterocycles. The van der Waals surface area contributed by atoms with Crippen LogP contribution in [0.3, 0.4) is 0 Å². The lowest BCUT2D eigenvalue weighted by atomic mass is 10.0. The van der Waals surface area contributed by atoms with Crippen LogP contribution in [-0.4, -0.2) is 16.5 Å². The highest BCUT2D eigenvalue weighted by Gasteiger charge is 2.15. The summed E-state index contributed by atoms with van der Waals surface area (Å²) in [6.45, 7) is 7.16. The first-order chi connectivity index (χ1) is 10.1. The van der Waals surface area contributed by atoms with Gasteiger partial charge in [0.2, 0.25) is 0 Å². The zero-order valence-corrected chi connectivity index (χ0v) is 13.7. The van der Waals surface area contributed by atoms with Crippen LogP contribution in [0.1, 0.15) is 29.7 Å². The molecule has 2 rings (SSSR count). The molecule has 0 aliphatic heterocycles. The highest BCUT2D eigenvalue weighted by Crippen LogP contribution is 2.20. The molecular formula is C18H23NOS. The van der Waals surface area contributed by atoms with Gasteiger partial charge in [0.1, 0.15) is 0 Å². The summed E-state index contributed by atoms with van der Waals surface area (Å²) >= 11 is 0. The molecule has 21 heavy (non-hydrogen) atoms. The van der Waals surface area contributed by atoms with Crippen LogP contribution in [0.2, 0.25) is 0 Å². The van der Waals surface area contributed by atoms with Gasteiger partial charge in [-0.15, -0.1) is 0 Å². The van der Waals surface area contributed by atoms with Gasteiger partial charge < -0.3 is 5.32 Å². The summed E-state index contributed by atoms with van der Waals surface area (Å²) in [6.07, 6.45) is 0.